The first-order chi connectivity index (χ1) is 9.61. The van der Waals surface area contributed by atoms with Crippen LogP contribution in [0.4, 0.5) is 5.69 Å². The second kappa shape index (κ2) is 6.61. The summed E-state index contributed by atoms with van der Waals surface area (Å²) >= 11 is 3.42. The van der Waals surface area contributed by atoms with Gasteiger partial charge in [0, 0.05) is 17.8 Å². The van der Waals surface area contributed by atoms with E-state index >= 15 is 0 Å². The molecule has 0 aliphatic heterocycles. The molecular formula is C15H17BrN2O2. The van der Waals surface area contributed by atoms with E-state index < -0.39 is 0 Å². The summed E-state index contributed by atoms with van der Waals surface area (Å²) in [7, 11) is 0. The van der Waals surface area contributed by atoms with Crippen LogP contribution in [-0.4, -0.2) is 12.5 Å². The van der Waals surface area contributed by atoms with Crippen molar-refractivity contribution in [1.29, 1.82) is 0 Å². The molecule has 106 valence electrons. The molecule has 0 spiro atoms. The van der Waals surface area contributed by atoms with Gasteiger partial charge >= 0.3 is 0 Å². The normalized spacial score (nSPS) is 10.3. The summed E-state index contributed by atoms with van der Waals surface area (Å²) in [5, 5.41) is 6.08. The van der Waals surface area contributed by atoms with Crippen molar-refractivity contribution >= 4 is 27.5 Å². The van der Waals surface area contributed by atoms with E-state index in [0.29, 0.717) is 18.7 Å². The lowest BCUT2D eigenvalue weighted by molar-refractivity contribution is 0.0956. The monoisotopic (exact) mass is 336 g/mol. The van der Waals surface area contributed by atoms with Crippen molar-refractivity contribution in [2.75, 3.05) is 11.9 Å². The van der Waals surface area contributed by atoms with Crippen LogP contribution >= 0.6 is 15.9 Å². The third-order valence-corrected chi connectivity index (χ3v) is 3.67. The van der Waals surface area contributed by atoms with Gasteiger partial charge in [-0.3, -0.25) is 4.79 Å². The van der Waals surface area contributed by atoms with Crippen molar-refractivity contribution in [2.45, 2.75) is 20.4 Å². The summed E-state index contributed by atoms with van der Waals surface area (Å²) in [6.07, 6.45) is 1.64. The summed E-state index contributed by atoms with van der Waals surface area (Å²) in [5.74, 6) is 0.766. The zero-order valence-electron chi connectivity index (χ0n) is 11.5. The van der Waals surface area contributed by atoms with Crippen LogP contribution < -0.4 is 10.6 Å². The van der Waals surface area contributed by atoms with Crippen molar-refractivity contribution in [1.82, 2.24) is 5.32 Å². The number of benzene rings is 1. The summed E-state index contributed by atoms with van der Waals surface area (Å²) in [5.41, 5.74) is 2.66. The van der Waals surface area contributed by atoms with Crippen molar-refractivity contribution in [3.05, 3.63) is 51.9 Å². The molecule has 0 aliphatic rings. The SMILES string of the molecule is CCNC(=O)c1ccc(C)c(NCc2occc2Br)c1. The summed E-state index contributed by atoms with van der Waals surface area (Å²) < 4.78 is 6.29. The average Bonchev–Trinajstić information content (AvgIpc) is 2.83. The number of halogens is 1. The number of aryl methyl sites for hydroxylation is 1. The number of carbonyl (C=O) groups is 1. The van der Waals surface area contributed by atoms with Gasteiger partial charge in [0.15, 0.2) is 0 Å². The maximum atomic E-state index is 11.8. The van der Waals surface area contributed by atoms with Gasteiger partial charge in [0.2, 0.25) is 0 Å². The van der Waals surface area contributed by atoms with Crippen LogP contribution in [0.15, 0.2) is 39.4 Å². The zero-order chi connectivity index (χ0) is 14.5. The highest BCUT2D eigenvalue weighted by atomic mass is 79.9. The lowest BCUT2D eigenvalue weighted by Gasteiger charge is -2.11. The van der Waals surface area contributed by atoms with E-state index in [1.807, 2.05) is 38.1 Å². The minimum absolute atomic E-state index is 0.0604. The fourth-order valence-electron chi connectivity index (χ4n) is 1.84. The van der Waals surface area contributed by atoms with Gasteiger partial charge in [0.1, 0.15) is 5.76 Å². The molecule has 0 saturated heterocycles. The molecule has 0 fully saturated rings. The number of hydrogen-bond donors (Lipinski definition) is 2. The highest BCUT2D eigenvalue weighted by Crippen LogP contribution is 2.21. The van der Waals surface area contributed by atoms with Crippen molar-refractivity contribution in [3.63, 3.8) is 0 Å². The third-order valence-electron chi connectivity index (χ3n) is 2.97. The van der Waals surface area contributed by atoms with Crippen molar-refractivity contribution < 1.29 is 9.21 Å². The Labute approximate surface area is 126 Å². The molecule has 2 rings (SSSR count). The van der Waals surface area contributed by atoms with Gasteiger partial charge in [-0.05, 0) is 53.5 Å². The predicted octanol–water partition coefficient (Wildman–Crippen LogP) is 3.71. The van der Waals surface area contributed by atoms with E-state index in [4.69, 9.17) is 4.42 Å². The second-order valence-electron chi connectivity index (χ2n) is 4.43. The maximum absolute atomic E-state index is 11.8. The quantitative estimate of drug-likeness (QED) is 0.874. The minimum atomic E-state index is -0.0604. The number of furan rings is 1. The van der Waals surface area contributed by atoms with Crippen molar-refractivity contribution in [3.8, 4) is 0 Å². The molecule has 2 aromatic rings. The predicted molar refractivity (Wildman–Crippen MR) is 82.9 cm³/mol. The number of nitrogens with one attached hydrogen (secondary N) is 2. The molecule has 0 atom stereocenters. The Morgan fingerprint density at radius 1 is 1.35 bits per heavy atom. The molecule has 1 amide bonds. The van der Waals surface area contributed by atoms with Gasteiger partial charge in [-0.2, -0.15) is 0 Å². The van der Waals surface area contributed by atoms with Crippen LogP contribution in [0.25, 0.3) is 0 Å². The van der Waals surface area contributed by atoms with Gasteiger partial charge < -0.3 is 15.1 Å². The zero-order valence-corrected chi connectivity index (χ0v) is 13.1. The molecule has 20 heavy (non-hydrogen) atoms. The first-order valence-corrected chi connectivity index (χ1v) is 7.25. The van der Waals surface area contributed by atoms with Gasteiger partial charge in [-0.1, -0.05) is 6.07 Å². The molecule has 2 N–H and O–H groups in total. The lowest BCUT2D eigenvalue weighted by Crippen LogP contribution is -2.22. The number of hydrogen-bond acceptors (Lipinski definition) is 3. The number of anilines is 1. The molecule has 0 radical (unpaired) electrons. The third kappa shape index (κ3) is 3.42. The molecule has 1 aromatic carbocycles. The summed E-state index contributed by atoms with van der Waals surface area (Å²) in [6, 6.07) is 7.48. The Morgan fingerprint density at radius 2 is 2.15 bits per heavy atom. The summed E-state index contributed by atoms with van der Waals surface area (Å²) in [6.45, 7) is 5.09. The maximum Gasteiger partial charge on any atom is 0.251 e. The molecule has 0 unspecified atom stereocenters. The first-order valence-electron chi connectivity index (χ1n) is 6.46. The standard InChI is InChI=1S/C15H17BrN2O2/c1-3-17-15(19)11-5-4-10(2)13(8-11)18-9-14-12(16)6-7-20-14/h4-8,18H,3,9H2,1-2H3,(H,17,19). The van der Waals surface area contributed by atoms with E-state index in [0.717, 1.165) is 21.5 Å². The molecule has 4 nitrogen and oxygen atoms in total. The fourth-order valence-corrected chi connectivity index (χ4v) is 2.18. The lowest BCUT2D eigenvalue weighted by atomic mass is 10.1. The number of rotatable bonds is 5. The molecule has 0 saturated carbocycles. The molecule has 0 bridgehead atoms. The Hall–Kier alpha value is -1.75. The van der Waals surface area contributed by atoms with E-state index in [1.165, 1.54) is 0 Å². The average molecular weight is 337 g/mol. The fraction of sp³-hybridized carbons (Fsp3) is 0.267. The van der Waals surface area contributed by atoms with E-state index in [9.17, 15) is 4.79 Å². The minimum Gasteiger partial charge on any atom is -0.466 e. The highest BCUT2D eigenvalue weighted by Gasteiger charge is 2.08. The van der Waals surface area contributed by atoms with Crippen LogP contribution in [0.2, 0.25) is 0 Å². The van der Waals surface area contributed by atoms with Gasteiger partial charge in [-0.15, -0.1) is 0 Å². The van der Waals surface area contributed by atoms with E-state index in [2.05, 4.69) is 26.6 Å². The summed E-state index contributed by atoms with van der Waals surface area (Å²) in [4.78, 5) is 11.8. The Kier molecular flexibility index (Phi) is 4.84. The number of amides is 1. The van der Waals surface area contributed by atoms with Gasteiger partial charge in [0.05, 0.1) is 17.3 Å². The molecule has 1 aromatic heterocycles. The topological polar surface area (TPSA) is 54.3 Å². The Bertz CT molecular complexity index is 608. The largest absolute Gasteiger partial charge is 0.466 e. The smallest absolute Gasteiger partial charge is 0.251 e. The van der Waals surface area contributed by atoms with Crippen LogP contribution in [0.5, 0.6) is 0 Å². The highest BCUT2D eigenvalue weighted by molar-refractivity contribution is 9.10. The molecule has 1 heterocycles. The van der Waals surface area contributed by atoms with E-state index in [-0.39, 0.29) is 5.91 Å². The van der Waals surface area contributed by atoms with Crippen LogP contribution in [0.3, 0.4) is 0 Å². The van der Waals surface area contributed by atoms with Crippen molar-refractivity contribution in [2.24, 2.45) is 0 Å². The first kappa shape index (κ1) is 14.7. The van der Waals surface area contributed by atoms with Gasteiger partial charge in [-0.25, -0.2) is 0 Å². The van der Waals surface area contributed by atoms with Gasteiger partial charge in [0.25, 0.3) is 5.91 Å². The van der Waals surface area contributed by atoms with Crippen LogP contribution in [0.1, 0.15) is 28.6 Å². The number of carbonyl (C=O) groups excluding carboxylic acids is 1. The Balaban J connectivity index is 2.12. The molecular weight excluding hydrogens is 320 g/mol. The molecule has 5 heteroatoms. The van der Waals surface area contributed by atoms with E-state index in [1.54, 1.807) is 6.26 Å². The second-order valence-corrected chi connectivity index (χ2v) is 5.29. The Morgan fingerprint density at radius 3 is 2.80 bits per heavy atom. The van der Waals surface area contributed by atoms with Crippen LogP contribution in [0, 0.1) is 6.92 Å². The molecule has 0 aliphatic carbocycles. The van der Waals surface area contributed by atoms with Crippen LogP contribution in [-0.2, 0) is 6.54 Å².